The molecule has 2 aromatic carbocycles. The van der Waals surface area contributed by atoms with Gasteiger partial charge < -0.3 is 125 Å². The van der Waals surface area contributed by atoms with Crippen LogP contribution in [0.4, 0.5) is 0 Å². The number of nitrogens with two attached hydrogens (primary N) is 4. The Bertz CT molecular complexity index is 4950. The van der Waals surface area contributed by atoms with Gasteiger partial charge in [0.25, 0.3) is 0 Å². The van der Waals surface area contributed by atoms with Crippen LogP contribution in [0.1, 0.15) is 149 Å². The number of primary amides is 1. The van der Waals surface area contributed by atoms with Crippen molar-refractivity contribution >= 4 is 134 Å². The van der Waals surface area contributed by atoms with Gasteiger partial charge in [-0.1, -0.05) is 97.6 Å². The second-order valence-corrected chi connectivity index (χ2v) is 36.1. The molecular formula is C90H132N22O20S. The second-order valence-electron chi connectivity index (χ2n) is 35.1. The Hall–Kier alpha value is -12.4. The van der Waals surface area contributed by atoms with Crippen LogP contribution >= 0.6 is 11.8 Å². The molecule has 0 saturated carbocycles. The van der Waals surface area contributed by atoms with E-state index in [2.05, 4.69) is 63.1 Å². The Balaban J connectivity index is 1.20. The smallest absolute Gasteiger partial charge is 0.307 e. The van der Waals surface area contributed by atoms with Gasteiger partial charge in [0.2, 0.25) is 94.5 Å². The number of nitrogens with zero attached hydrogens (tertiary/aromatic N) is 7. The summed E-state index contributed by atoms with van der Waals surface area (Å²) in [4.78, 5) is 262. The number of H-pyrrole nitrogens is 1. The SMILES string of the molecule is CCCC[C@H]1C(=O)N(C)[C@@H](CCCC)C(=O)N[C@@H](CC(C)C)C(=O)N[C@H](C(=O)NCC(N)=O)CSCC(=O)N[C@@H](Cc2ccc(O)cc2)C(=O)N(C)[C@@H](C)C(=O)N[C@@H](CCN)C(=O)N2CCC[C@H]2C(=O)N[C@@H](CN)C(=O)N[C@@H](CC(C)C)C(=O)N2C[C@H](O)C[C@H]2C(=O)N[C@@H](Cc2c[nH]c3ccccc23)C(=O)N[C@@H](CCN)C(=O)NC(Cn2cc(CC(=O)O)c3ncccc32)C(=O)N1C. The molecule has 728 valence electrons. The molecule has 5 aromatic rings. The summed E-state index contributed by atoms with van der Waals surface area (Å²) in [6.45, 7) is 9.48. The number of likely N-dealkylation sites (N-methyl/N-ethyl adjacent to an activating group) is 3. The molecule has 0 bridgehead atoms. The highest BCUT2D eigenvalue weighted by molar-refractivity contribution is 8.00. The van der Waals surface area contributed by atoms with Crippen molar-refractivity contribution in [3.8, 4) is 5.75 Å². The van der Waals surface area contributed by atoms with E-state index in [0.717, 1.165) is 31.4 Å². The summed E-state index contributed by atoms with van der Waals surface area (Å²) in [5.41, 5.74) is 26.4. The van der Waals surface area contributed by atoms with E-state index < -0.39 is 230 Å². The molecule has 3 fully saturated rings. The predicted octanol–water partition coefficient (Wildman–Crippen LogP) is -2.37. The van der Waals surface area contributed by atoms with Crippen LogP contribution in [0.15, 0.2) is 79.3 Å². The van der Waals surface area contributed by atoms with Gasteiger partial charge in [0.05, 0.1) is 42.4 Å². The maximum absolute atomic E-state index is 15.9. The van der Waals surface area contributed by atoms with Gasteiger partial charge in [0.15, 0.2) is 0 Å². The number of aromatic hydroxyl groups is 1. The number of rotatable bonds is 26. The lowest BCUT2D eigenvalue weighted by molar-refractivity contribution is -0.149. The van der Waals surface area contributed by atoms with Gasteiger partial charge in [-0.05, 0) is 125 Å². The van der Waals surface area contributed by atoms with Gasteiger partial charge in [-0.3, -0.25) is 86.5 Å². The predicted molar refractivity (Wildman–Crippen MR) is 492 cm³/mol. The second kappa shape index (κ2) is 50.5. The van der Waals surface area contributed by atoms with Crippen LogP contribution in [0.5, 0.6) is 5.75 Å². The zero-order chi connectivity index (χ0) is 97.8. The first-order chi connectivity index (χ1) is 63.2. The summed E-state index contributed by atoms with van der Waals surface area (Å²) in [6, 6.07) is -4.78. The fraction of sp³-hybridized carbons (Fsp3) is 0.578. The number of carbonyl (C=O) groups is 17. The normalized spacial score (nSPS) is 25.1. The summed E-state index contributed by atoms with van der Waals surface area (Å²) >= 11 is 0.810. The first-order valence-corrected chi connectivity index (χ1v) is 46.4. The minimum absolute atomic E-state index is 0.00598. The van der Waals surface area contributed by atoms with Crippen LogP contribution in [0.25, 0.3) is 21.9 Å². The van der Waals surface area contributed by atoms with Gasteiger partial charge in [-0.25, -0.2) is 0 Å². The van der Waals surface area contributed by atoms with Crippen molar-refractivity contribution in [3.05, 3.63) is 95.9 Å². The molecule has 0 spiro atoms. The molecule has 133 heavy (non-hydrogen) atoms. The number of aromatic amines is 1. The summed E-state index contributed by atoms with van der Waals surface area (Å²) in [7, 11) is 3.97. The number of carboxylic acid groups (broad SMARTS) is 1. The Morgan fingerprint density at radius 2 is 1.15 bits per heavy atom. The Morgan fingerprint density at radius 1 is 0.579 bits per heavy atom. The third-order valence-electron chi connectivity index (χ3n) is 24.0. The molecule has 16 amide bonds. The lowest BCUT2D eigenvalue weighted by Crippen LogP contribution is -2.62. The number of fused-ring (bicyclic) bond motifs is 4. The van der Waals surface area contributed by atoms with E-state index >= 15 is 33.6 Å². The molecule has 22 N–H and O–H groups in total. The Labute approximate surface area is 776 Å². The standard InChI is InChI=1S/C90H132N22O20S/c1-11-13-21-69-83(125)101-61(35-49(3)4)80(122)106-67(78(120)97-43-73(94)115)47-133-48-74(116)98-64(37-52-25-27-55(113)28-26-52)86(128)107(8)51(7)77(119)100-60(30-32-92)88(130)111-34-18-24-70(111)84(126)104-65(41-93)82(124)103-63(36-50(5)6)89(131)112-45-56(114)40-72(112)85(127)102-62(38-53-42-96-58-20-16-15-19-57(53)58)81(123)99-59(29-31-91)79(121)105-66(87(129)109(10)71(22-14-12-2)90(132)108(69)9)46-110-44-54(39-75(117)118)76-68(110)23-17-33-95-76/h15-17,19-20,23,25-28,33,42,44,49-51,56,59-67,69-72,96,113-114H,11-14,18,21-22,24,29-32,34-41,43,45-48,91-93H2,1-10H3,(H2,94,115)(H,97,120)(H,98,116)(H,99,123)(H,100,119)(H,101,125)(H,102,127)(H,103,124)(H,104,126)(H,105,121)(H,106,122)(H,117,118)/t51-,56+,59-,60-,61-,62-,63-,64-,65-,66?,67-,69-,70-,71-,72-/m0/s1. The lowest BCUT2D eigenvalue weighted by atomic mass is 10.00. The van der Waals surface area contributed by atoms with Crippen LogP contribution in [-0.2, 0) is 107 Å². The number of carbonyl (C=O) groups excluding carboxylic acids is 16. The first kappa shape index (κ1) is 106. The van der Waals surface area contributed by atoms with Crippen LogP contribution in [0, 0.1) is 11.8 Å². The number of thioether (sulfide) groups is 1. The molecule has 0 aliphatic carbocycles. The molecule has 8 rings (SSSR count). The van der Waals surface area contributed by atoms with E-state index in [0.29, 0.717) is 53.2 Å². The average Bonchev–Trinajstić information content (AvgIpc) is 1.63. The molecule has 3 aliphatic heterocycles. The molecule has 3 aromatic heterocycles. The van der Waals surface area contributed by atoms with Crippen molar-refractivity contribution in [2.24, 2.45) is 34.8 Å². The Morgan fingerprint density at radius 3 is 1.80 bits per heavy atom. The number of benzene rings is 2. The van der Waals surface area contributed by atoms with Gasteiger partial charge in [0, 0.05) is 101 Å². The number of aromatic nitrogens is 3. The maximum atomic E-state index is 15.9. The number of para-hydroxylation sites is 1. The molecule has 43 heteroatoms. The molecule has 0 radical (unpaired) electrons. The van der Waals surface area contributed by atoms with Crippen LogP contribution < -0.4 is 76.1 Å². The van der Waals surface area contributed by atoms with Crippen LogP contribution in [0.3, 0.4) is 0 Å². The lowest BCUT2D eigenvalue weighted by Gasteiger charge is -2.36. The quantitative estimate of drug-likeness (QED) is 0.0275. The van der Waals surface area contributed by atoms with Crippen molar-refractivity contribution in [1.82, 2.24) is 92.2 Å². The summed E-state index contributed by atoms with van der Waals surface area (Å²) in [5, 5.41) is 59.2. The average molecular weight is 1870 g/mol. The number of phenolic OH excluding ortho intramolecular Hbond substituents is 1. The van der Waals surface area contributed by atoms with Crippen molar-refractivity contribution in [3.63, 3.8) is 0 Å². The van der Waals surface area contributed by atoms with Gasteiger partial charge >= 0.3 is 5.97 Å². The maximum Gasteiger partial charge on any atom is 0.307 e. The number of unbranched alkanes of at least 4 members (excludes halogenated alkanes) is 2. The summed E-state index contributed by atoms with van der Waals surface area (Å²) in [6.07, 6.45) is 3.15. The van der Waals surface area contributed by atoms with Crippen LogP contribution in [0.2, 0.25) is 0 Å². The monoisotopic (exact) mass is 1870 g/mol. The van der Waals surface area contributed by atoms with E-state index in [1.165, 1.54) is 74.2 Å². The number of phenols is 1. The number of hydrogen-bond donors (Lipinski definition) is 18. The summed E-state index contributed by atoms with van der Waals surface area (Å²) < 4.78 is 1.51. The van der Waals surface area contributed by atoms with Crippen molar-refractivity contribution in [2.75, 3.05) is 71.9 Å². The van der Waals surface area contributed by atoms with E-state index in [1.54, 1.807) is 70.3 Å². The number of nitrogens with one attached hydrogen (secondary N) is 11. The van der Waals surface area contributed by atoms with E-state index in [-0.39, 0.29) is 125 Å². The van der Waals surface area contributed by atoms with Crippen LogP contribution in [-0.4, -0.2) is 317 Å². The van der Waals surface area contributed by atoms with Gasteiger partial charge in [0.1, 0.15) is 90.3 Å². The van der Waals surface area contributed by atoms with Gasteiger partial charge in [-0.15, -0.1) is 11.8 Å². The highest BCUT2D eigenvalue weighted by atomic mass is 32.2. The minimum Gasteiger partial charge on any atom is -0.508 e. The minimum atomic E-state index is -1.70. The van der Waals surface area contributed by atoms with E-state index in [9.17, 15) is 63.3 Å². The number of aliphatic carboxylic acids is 1. The molecule has 3 aliphatic rings. The number of carboxylic acids is 1. The molecule has 6 heterocycles. The topological polar surface area (TPSA) is 625 Å². The fourth-order valence-electron chi connectivity index (χ4n) is 16.7. The molecule has 42 nitrogen and oxygen atoms in total. The zero-order valence-corrected chi connectivity index (χ0v) is 77.9. The molecule has 1 unspecified atom stereocenters. The van der Waals surface area contributed by atoms with E-state index in [1.807, 2.05) is 13.8 Å². The van der Waals surface area contributed by atoms with E-state index in [4.69, 9.17) is 22.9 Å². The number of hydrogen-bond acceptors (Lipinski definition) is 24. The number of pyridine rings is 1. The third kappa shape index (κ3) is 29.3. The molecule has 3 saturated heterocycles. The zero-order valence-electron chi connectivity index (χ0n) is 77.1. The largest absolute Gasteiger partial charge is 0.508 e. The number of aliphatic hydroxyl groups excluding tert-OH is 1. The highest BCUT2D eigenvalue weighted by Crippen LogP contribution is 2.28. The number of aliphatic hydroxyl groups is 1. The Kier molecular flexibility index (Phi) is 40.2. The third-order valence-corrected chi connectivity index (χ3v) is 25.0. The first-order valence-electron chi connectivity index (χ1n) is 45.3. The molecule has 15 atom stereocenters. The summed E-state index contributed by atoms with van der Waals surface area (Å²) in [5.74, 6) is -17.0. The number of amides is 16. The highest BCUT2D eigenvalue weighted by Gasteiger charge is 2.47. The fourth-order valence-corrected chi connectivity index (χ4v) is 17.5. The molecular weight excluding hydrogens is 1740 g/mol. The van der Waals surface area contributed by atoms with Crippen molar-refractivity contribution in [1.29, 1.82) is 0 Å². The van der Waals surface area contributed by atoms with Crippen molar-refractivity contribution < 1.29 is 96.8 Å². The van der Waals surface area contributed by atoms with Crippen molar-refractivity contribution in [2.45, 2.75) is 248 Å². The van der Waals surface area contributed by atoms with Gasteiger partial charge in [-0.2, -0.15) is 0 Å².